The number of hydrogen-bond donors (Lipinski definition) is 1. The highest BCUT2D eigenvalue weighted by Gasteiger charge is 2.33. The molecule has 1 N–H and O–H groups in total. The summed E-state index contributed by atoms with van der Waals surface area (Å²) in [5.41, 5.74) is 1.26. The Hall–Kier alpha value is -2.11. The van der Waals surface area contributed by atoms with Crippen LogP contribution in [-0.2, 0) is 4.79 Å². The van der Waals surface area contributed by atoms with Crippen molar-refractivity contribution >= 4 is 17.6 Å². The van der Waals surface area contributed by atoms with Gasteiger partial charge in [0.25, 0.3) is 5.91 Å². The molecule has 0 spiro atoms. The van der Waals surface area contributed by atoms with E-state index in [1.165, 1.54) is 0 Å². The van der Waals surface area contributed by atoms with Gasteiger partial charge < -0.3 is 14.9 Å². The number of aliphatic carboxylic acids is 1. The first-order valence-corrected chi connectivity index (χ1v) is 7.07. The van der Waals surface area contributed by atoms with Crippen LogP contribution in [0.5, 0.6) is 0 Å². The van der Waals surface area contributed by atoms with Crippen LogP contribution in [0.4, 0.5) is 5.69 Å². The fourth-order valence-corrected chi connectivity index (χ4v) is 2.55. The van der Waals surface area contributed by atoms with E-state index in [4.69, 9.17) is 5.11 Å². The van der Waals surface area contributed by atoms with Crippen molar-refractivity contribution in [3.8, 4) is 0 Å². The van der Waals surface area contributed by atoms with Crippen molar-refractivity contribution < 1.29 is 14.7 Å². The smallest absolute Gasteiger partial charge is 0.308 e. The summed E-state index contributed by atoms with van der Waals surface area (Å²) in [5.74, 6) is -1.52. The van der Waals surface area contributed by atoms with E-state index in [0.29, 0.717) is 18.5 Å². The Morgan fingerprint density at radius 1 is 1.38 bits per heavy atom. The molecule has 0 radical (unpaired) electrons. The van der Waals surface area contributed by atoms with E-state index in [2.05, 4.69) is 4.98 Å². The molecule has 0 bridgehead atoms. The molecular weight excluding hydrogens is 270 g/mol. The van der Waals surface area contributed by atoms with Crippen LogP contribution in [0.1, 0.15) is 30.3 Å². The predicted molar refractivity (Wildman–Crippen MR) is 79.4 cm³/mol. The molecule has 2 heterocycles. The molecule has 2 rings (SSSR count). The predicted octanol–water partition coefficient (Wildman–Crippen LogP) is 1.47. The van der Waals surface area contributed by atoms with Crippen molar-refractivity contribution in [2.24, 2.45) is 5.92 Å². The van der Waals surface area contributed by atoms with Crippen molar-refractivity contribution in [1.82, 2.24) is 9.88 Å². The topological polar surface area (TPSA) is 73.7 Å². The molecule has 21 heavy (non-hydrogen) atoms. The van der Waals surface area contributed by atoms with Gasteiger partial charge in [-0.2, -0.15) is 0 Å². The lowest BCUT2D eigenvalue weighted by atomic mass is 9.93. The summed E-state index contributed by atoms with van der Waals surface area (Å²) in [4.78, 5) is 31.4. The third kappa shape index (κ3) is 3.32. The van der Waals surface area contributed by atoms with Gasteiger partial charge in [0.2, 0.25) is 0 Å². The Morgan fingerprint density at radius 3 is 2.71 bits per heavy atom. The summed E-state index contributed by atoms with van der Waals surface area (Å²) in [5, 5.41) is 9.15. The number of amides is 1. The van der Waals surface area contributed by atoms with Crippen molar-refractivity contribution in [1.29, 1.82) is 0 Å². The molecule has 1 saturated heterocycles. The first-order chi connectivity index (χ1) is 9.90. The van der Waals surface area contributed by atoms with Crippen molar-refractivity contribution in [2.45, 2.75) is 25.8 Å². The minimum absolute atomic E-state index is 0.0397. The number of pyridine rings is 1. The summed E-state index contributed by atoms with van der Waals surface area (Å²) >= 11 is 0. The first-order valence-electron chi connectivity index (χ1n) is 7.07. The van der Waals surface area contributed by atoms with Crippen LogP contribution < -0.4 is 4.90 Å². The zero-order chi connectivity index (χ0) is 15.6. The molecule has 1 aromatic rings. The number of piperidine rings is 1. The van der Waals surface area contributed by atoms with Crippen LogP contribution in [-0.4, -0.2) is 53.5 Å². The van der Waals surface area contributed by atoms with Crippen LogP contribution in [0.25, 0.3) is 0 Å². The van der Waals surface area contributed by atoms with Gasteiger partial charge in [-0.1, -0.05) is 0 Å². The number of nitrogens with zero attached hydrogens (tertiary/aromatic N) is 3. The van der Waals surface area contributed by atoms with Gasteiger partial charge in [-0.3, -0.25) is 14.6 Å². The molecule has 2 atom stereocenters. The summed E-state index contributed by atoms with van der Waals surface area (Å²) in [6.45, 7) is 2.20. The van der Waals surface area contributed by atoms with Gasteiger partial charge >= 0.3 is 5.97 Å². The average Bonchev–Trinajstić information content (AvgIpc) is 2.47. The number of likely N-dealkylation sites (tertiary alicyclic amines) is 1. The molecule has 6 heteroatoms. The molecule has 1 aromatic heterocycles. The van der Waals surface area contributed by atoms with Crippen molar-refractivity contribution in [3.63, 3.8) is 0 Å². The lowest BCUT2D eigenvalue weighted by Gasteiger charge is -2.36. The lowest BCUT2D eigenvalue weighted by molar-refractivity contribution is -0.143. The largest absolute Gasteiger partial charge is 0.481 e. The zero-order valence-electron chi connectivity index (χ0n) is 12.6. The van der Waals surface area contributed by atoms with E-state index in [1.54, 1.807) is 17.2 Å². The fraction of sp³-hybridized carbons (Fsp3) is 0.533. The lowest BCUT2D eigenvalue weighted by Crippen LogP contribution is -2.47. The van der Waals surface area contributed by atoms with E-state index in [0.717, 1.165) is 5.69 Å². The second kappa shape index (κ2) is 6.11. The van der Waals surface area contributed by atoms with Gasteiger partial charge in [-0.25, -0.2) is 0 Å². The Kier molecular flexibility index (Phi) is 4.45. The normalized spacial score (nSPS) is 22.0. The van der Waals surface area contributed by atoms with Gasteiger partial charge in [-0.15, -0.1) is 0 Å². The monoisotopic (exact) mass is 291 g/mol. The standard InChI is InChI=1S/C15H21N3O3/c1-10-4-5-11(15(20)21)9-18(10)14(19)13-8-12(17(2)3)6-7-16-13/h6-8,10-11H,4-5,9H2,1-3H3,(H,20,21). The molecule has 0 saturated carbocycles. The second-order valence-electron chi connectivity index (χ2n) is 5.71. The number of rotatable bonds is 3. The third-order valence-electron chi connectivity index (χ3n) is 3.97. The summed E-state index contributed by atoms with van der Waals surface area (Å²) in [6.07, 6.45) is 2.92. The molecule has 2 unspecified atom stereocenters. The number of carboxylic acids is 1. The molecule has 0 aliphatic carbocycles. The average molecular weight is 291 g/mol. The second-order valence-corrected chi connectivity index (χ2v) is 5.71. The zero-order valence-corrected chi connectivity index (χ0v) is 12.6. The number of anilines is 1. The first kappa shape index (κ1) is 15.3. The molecular formula is C15H21N3O3. The highest BCUT2D eigenvalue weighted by atomic mass is 16.4. The SMILES string of the molecule is CC1CCC(C(=O)O)CN1C(=O)c1cc(N(C)C)ccn1. The van der Waals surface area contributed by atoms with Crippen LogP contribution in [0.3, 0.4) is 0 Å². The quantitative estimate of drug-likeness (QED) is 0.913. The molecule has 114 valence electrons. The maximum absolute atomic E-state index is 12.6. The molecule has 6 nitrogen and oxygen atoms in total. The summed E-state index contributed by atoms with van der Waals surface area (Å²) < 4.78 is 0. The van der Waals surface area contributed by atoms with Gasteiger partial charge in [-0.05, 0) is 31.9 Å². The van der Waals surface area contributed by atoms with Crippen molar-refractivity contribution in [2.75, 3.05) is 25.5 Å². The van der Waals surface area contributed by atoms with E-state index in [1.807, 2.05) is 32.0 Å². The van der Waals surface area contributed by atoms with Gasteiger partial charge in [0, 0.05) is 38.6 Å². The van der Waals surface area contributed by atoms with Crippen LogP contribution in [0.2, 0.25) is 0 Å². The molecule has 1 amide bonds. The molecule has 1 fully saturated rings. The number of aromatic nitrogens is 1. The van der Waals surface area contributed by atoms with E-state index in [9.17, 15) is 9.59 Å². The van der Waals surface area contributed by atoms with Gasteiger partial charge in [0.15, 0.2) is 0 Å². The van der Waals surface area contributed by atoms with Gasteiger partial charge in [0.05, 0.1) is 5.92 Å². The highest BCUT2D eigenvalue weighted by molar-refractivity contribution is 5.93. The highest BCUT2D eigenvalue weighted by Crippen LogP contribution is 2.24. The Labute approximate surface area is 124 Å². The molecule has 1 aliphatic heterocycles. The number of carbonyl (C=O) groups excluding carboxylic acids is 1. The number of hydrogen-bond acceptors (Lipinski definition) is 4. The minimum Gasteiger partial charge on any atom is -0.481 e. The Bertz CT molecular complexity index is 545. The van der Waals surface area contributed by atoms with Gasteiger partial charge in [0.1, 0.15) is 5.69 Å². The van der Waals surface area contributed by atoms with Crippen LogP contribution >= 0.6 is 0 Å². The minimum atomic E-state index is -0.838. The number of carbonyl (C=O) groups is 2. The summed E-state index contributed by atoms with van der Waals surface area (Å²) in [7, 11) is 3.79. The van der Waals surface area contributed by atoms with Crippen LogP contribution in [0, 0.1) is 5.92 Å². The van der Waals surface area contributed by atoms with Crippen LogP contribution in [0.15, 0.2) is 18.3 Å². The Balaban J connectivity index is 2.21. The van der Waals surface area contributed by atoms with E-state index >= 15 is 0 Å². The fourth-order valence-electron chi connectivity index (χ4n) is 2.55. The maximum atomic E-state index is 12.6. The number of carboxylic acid groups (broad SMARTS) is 1. The van der Waals surface area contributed by atoms with Crippen molar-refractivity contribution in [3.05, 3.63) is 24.0 Å². The molecule has 1 aliphatic rings. The third-order valence-corrected chi connectivity index (χ3v) is 3.97. The van der Waals surface area contributed by atoms with E-state index in [-0.39, 0.29) is 18.5 Å². The molecule has 0 aromatic carbocycles. The summed E-state index contributed by atoms with van der Waals surface area (Å²) in [6, 6.07) is 3.61. The van der Waals surface area contributed by atoms with E-state index < -0.39 is 11.9 Å². The Morgan fingerprint density at radius 2 is 2.10 bits per heavy atom. The maximum Gasteiger partial charge on any atom is 0.308 e.